The molecule has 0 saturated heterocycles. The molecule has 1 rings (SSSR count). The predicted octanol–water partition coefficient (Wildman–Crippen LogP) is -2.79. The van der Waals surface area contributed by atoms with Crippen LogP contribution in [-0.4, -0.2) is 149 Å². The van der Waals surface area contributed by atoms with Gasteiger partial charge in [0, 0.05) is 32.0 Å². The summed E-state index contributed by atoms with van der Waals surface area (Å²) in [6.45, 7) is 1.59. The second-order valence-electron chi connectivity index (χ2n) is 12.4. The first-order valence-corrected chi connectivity index (χ1v) is 18.0. The van der Waals surface area contributed by atoms with E-state index in [1.165, 1.54) is 0 Å². The van der Waals surface area contributed by atoms with Crippen molar-refractivity contribution in [2.75, 3.05) is 85.6 Å². The Labute approximate surface area is 309 Å². The number of carboxylic acid groups (broad SMARTS) is 2. The Morgan fingerprint density at radius 2 is 1.11 bits per heavy atom. The standard InChI is InChI=1S/C33H59N7O13/c34-19-23-4-6-24(7-5-23)31(45)40-26(33(48)49)8-9-27(41)37-11-13-50-15-17-52-21-29(43)38-12-14-51-16-18-53-22-30(44)39-25(32(46)47)3-1-2-10-36-28(42)20-35/h23-26H,1-22,34-35H2,(H,36,42)(H,37,41)(H,38,43)(H,39,44)(H,40,45)(H,46,47)(H,48,49). The highest BCUT2D eigenvalue weighted by Crippen LogP contribution is 2.28. The number of nitrogens with two attached hydrogens (primary N) is 2. The fourth-order valence-electron chi connectivity index (χ4n) is 5.18. The Morgan fingerprint density at radius 3 is 1.68 bits per heavy atom. The van der Waals surface area contributed by atoms with Gasteiger partial charge in [-0.05, 0) is 63.8 Å². The molecule has 11 N–H and O–H groups in total. The molecule has 0 aromatic rings. The van der Waals surface area contributed by atoms with Crippen LogP contribution in [0.15, 0.2) is 0 Å². The van der Waals surface area contributed by atoms with Gasteiger partial charge in [0.05, 0.1) is 46.2 Å². The van der Waals surface area contributed by atoms with Crippen molar-refractivity contribution in [3.05, 3.63) is 0 Å². The second-order valence-corrected chi connectivity index (χ2v) is 12.4. The summed E-state index contributed by atoms with van der Waals surface area (Å²) in [7, 11) is 0. The molecule has 1 fully saturated rings. The Balaban J connectivity index is 1.99. The predicted molar refractivity (Wildman–Crippen MR) is 188 cm³/mol. The summed E-state index contributed by atoms with van der Waals surface area (Å²) < 4.78 is 21.1. The first-order chi connectivity index (χ1) is 25.5. The highest BCUT2D eigenvalue weighted by Gasteiger charge is 2.29. The van der Waals surface area contributed by atoms with Gasteiger partial charge >= 0.3 is 11.9 Å². The van der Waals surface area contributed by atoms with Gasteiger partial charge in [-0.15, -0.1) is 0 Å². The third kappa shape index (κ3) is 24.1. The number of ether oxygens (including phenoxy) is 4. The molecule has 0 aliphatic heterocycles. The summed E-state index contributed by atoms with van der Waals surface area (Å²) in [6.07, 6.45) is 4.11. The quantitative estimate of drug-likeness (QED) is 0.0323. The Kier molecular flexibility index (Phi) is 26.2. The lowest BCUT2D eigenvalue weighted by atomic mass is 9.81. The Bertz CT molecular complexity index is 1120. The van der Waals surface area contributed by atoms with E-state index < -0.39 is 29.9 Å². The molecule has 0 spiro atoms. The third-order valence-corrected chi connectivity index (χ3v) is 8.23. The lowest BCUT2D eigenvalue weighted by molar-refractivity contribution is -0.143. The maximum Gasteiger partial charge on any atom is 0.326 e. The first kappa shape index (κ1) is 47.1. The Hall–Kier alpha value is -3.95. The largest absolute Gasteiger partial charge is 0.480 e. The van der Waals surface area contributed by atoms with Gasteiger partial charge in [0.25, 0.3) is 0 Å². The van der Waals surface area contributed by atoms with Crippen LogP contribution in [0, 0.1) is 11.8 Å². The molecule has 20 heteroatoms. The lowest BCUT2D eigenvalue weighted by Crippen LogP contribution is -2.45. The molecule has 2 unspecified atom stereocenters. The number of unbranched alkanes of at least 4 members (excludes halogenated alkanes) is 1. The minimum Gasteiger partial charge on any atom is -0.480 e. The lowest BCUT2D eigenvalue weighted by Gasteiger charge is -2.27. The van der Waals surface area contributed by atoms with Gasteiger partial charge in [0.1, 0.15) is 25.3 Å². The zero-order chi connectivity index (χ0) is 39.3. The summed E-state index contributed by atoms with van der Waals surface area (Å²) in [5.74, 6) is -4.12. The first-order valence-electron chi connectivity index (χ1n) is 18.0. The van der Waals surface area contributed by atoms with E-state index in [-0.39, 0.29) is 121 Å². The smallest absolute Gasteiger partial charge is 0.326 e. The van der Waals surface area contributed by atoms with Gasteiger partial charge in [-0.1, -0.05) is 0 Å². The molecule has 1 aliphatic carbocycles. The van der Waals surface area contributed by atoms with E-state index in [1.54, 1.807) is 0 Å². The molecule has 0 bridgehead atoms. The minimum absolute atomic E-state index is 0.0376. The number of hydrogen-bond donors (Lipinski definition) is 9. The van der Waals surface area contributed by atoms with E-state index in [4.69, 9.17) is 30.4 Å². The molecule has 1 aliphatic rings. The summed E-state index contributed by atoms with van der Waals surface area (Å²) in [4.78, 5) is 82.6. The van der Waals surface area contributed by atoms with Crippen molar-refractivity contribution in [3.63, 3.8) is 0 Å². The number of aliphatic carboxylic acids is 2. The molecule has 1 saturated carbocycles. The molecule has 5 amide bonds. The minimum atomic E-state index is -1.19. The molecular formula is C33H59N7O13. The van der Waals surface area contributed by atoms with Crippen LogP contribution in [0.3, 0.4) is 0 Å². The van der Waals surface area contributed by atoms with Crippen LogP contribution in [0.25, 0.3) is 0 Å². The molecule has 2 atom stereocenters. The van der Waals surface area contributed by atoms with E-state index in [2.05, 4.69) is 26.6 Å². The number of carbonyl (C=O) groups is 7. The van der Waals surface area contributed by atoms with Crippen molar-refractivity contribution in [3.8, 4) is 0 Å². The van der Waals surface area contributed by atoms with Crippen molar-refractivity contribution in [2.45, 2.75) is 69.9 Å². The zero-order valence-corrected chi connectivity index (χ0v) is 30.4. The average molecular weight is 762 g/mol. The van der Waals surface area contributed by atoms with E-state index in [0.717, 1.165) is 12.8 Å². The fraction of sp³-hybridized carbons (Fsp3) is 0.788. The molecular weight excluding hydrogens is 702 g/mol. The topological polar surface area (TPSA) is 309 Å². The van der Waals surface area contributed by atoms with Gasteiger partial charge in [0.2, 0.25) is 29.5 Å². The normalized spacial score (nSPS) is 16.5. The number of carbonyl (C=O) groups excluding carboxylic acids is 5. The molecule has 20 nitrogen and oxygen atoms in total. The van der Waals surface area contributed by atoms with E-state index in [9.17, 15) is 43.8 Å². The van der Waals surface area contributed by atoms with Crippen LogP contribution >= 0.6 is 0 Å². The maximum atomic E-state index is 12.5. The van der Waals surface area contributed by atoms with Crippen molar-refractivity contribution in [2.24, 2.45) is 23.3 Å². The molecule has 0 aromatic carbocycles. The summed E-state index contributed by atoms with van der Waals surface area (Å²) in [5, 5.41) is 31.6. The van der Waals surface area contributed by atoms with Crippen molar-refractivity contribution in [1.82, 2.24) is 26.6 Å². The maximum absolute atomic E-state index is 12.5. The van der Waals surface area contributed by atoms with E-state index in [0.29, 0.717) is 44.7 Å². The molecule has 0 radical (unpaired) electrons. The summed E-state index contributed by atoms with van der Waals surface area (Å²) >= 11 is 0. The van der Waals surface area contributed by atoms with Crippen LogP contribution < -0.4 is 38.1 Å². The van der Waals surface area contributed by atoms with E-state index >= 15 is 0 Å². The monoisotopic (exact) mass is 761 g/mol. The summed E-state index contributed by atoms with van der Waals surface area (Å²) in [6, 6.07) is -2.23. The molecule has 0 heterocycles. The number of nitrogens with one attached hydrogen (secondary N) is 5. The second kappa shape index (κ2) is 29.5. The van der Waals surface area contributed by atoms with Gasteiger partial charge in [-0.3, -0.25) is 24.0 Å². The van der Waals surface area contributed by atoms with Crippen molar-refractivity contribution < 1.29 is 62.7 Å². The van der Waals surface area contributed by atoms with Gasteiger partial charge < -0.3 is 67.2 Å². The van der Waals surface area contributed by atoms with Gasteiger partial charge in [-0.2, -0.15) is 0 Å². The van der Waals surface area contributed by atoms with Crippen molar-refractivity contribution in [1.29, 1.82) is 0 Å². The fourth-order valence-corrected chi connectivity index (χ4v) is 5.18. The van der Waals surface area contributed by atoms with Crippen LogP contribution in [-0.2, 0) is 52.5 Å². The highest BCUT2D eigenvalue weighted by atomic mass is 16.5. The van der Waals surface area contributed by atoms with Gasteiger partial charge in [0.15, 0.2) is 0 Å². The average Bonchev–Trinajstić information content (AvgIpc) is 3.14. The summed E-state index contributed by atoms with van der Waals surface area (Å²) in [5.41, 5.74) is 10.9. The number of carboxylic acids is 2. The third-order valence-electron chi connectivity index (χ3n) is 8.23. The molecule has 0 aromatic heterocycles. The van der Waals surface area contributed by atoms with Crippen LogP contribution in [0.5, 0.6) is 0 Å². The van der Waals surface area contributed by atoms with Gasteiger partial charge in [-0.25, -0.2) is 9.59 Å². The van der Waals surface area contributed by atoms with Crippen molar-refractivity contribution >= 4 is 41.5 Å². The number of rotatable bonds is 31. The number of hydrogen-bond acceptors (Lipinski definition) is 13. The van der Waals surface area contributed by atoms with Crippen LogP contribution in [0.1, 0.15) is 57.8 Å². The highest BCUT2D eigenvalue weighted by molar-refractivity contribution is 5.86. The van der Waals surface area contributed by atoms with Crippen LogP contribution in [0.4, 0.5) is 0 Å². The Morgan fingerprint density at radius 1 is 0.585 bits per heavy atom. The molecule has 304 valence electrons. The molecule has 53 heavy (non-hydrogen) atoms. The van der Waals surface area contributed by atoms with Crippen LogP contribution in [0.2, 0.25) is 0 Å². The number of amides is 5. The van der Waals surface area contributed by atoms with E-state index in [1.807, 2.05) is 0 Å². The zero-order valence-electron chi connectivity index (χ0n) is 30.4. The SMILES string of the molecule is NCC(=O)NCCCCC(NC(=O)COCCOCCNC(=O)COCCOCCNC(=O)CCC(NC(=O)C1CCC(CN)CC1)C(=O)O)C(=O)O.